The Labute approximate surface area is 153 Å². The highest BCUT2D eigenvalue weighted by molar-refractivity contribution is 7.89. The highest BCUT2D eigenvalue weighted by Gasteiger charge is 2.17. The zero-order valence-electron chi connectivity index (χ0n) is 14.2. The number of hydrogen-bond acceptors (Lipinski definition) is 5. The van der Waals surface area contributed by atoms with Gasteiger partial charge < -0.3 is 9.73 Å². The third kappa shape index (κ3) is 4.23. The fraction of sp³-hybridized carbons (Fsp3) is 0.176. The maximum Gasteiger partial charge on any atom is 0.419 e. The van der Waals surface area contributed by atoms with Crippen molar-refractivity contribution in [2.75, 3.05) is 11.9 Å². The first-order chi connectivity index (χ1) is 12.8. The summed E-state index contributed by atoms with van der Waals surface area (Å²) >= 11 is 0. The Morgan fingerprint density at radius 3 is 2.74 bits per heavy atom. The van der Waals surface area contributed by atoms with Crippen LogP contribution < -0.4 is 15.8 Å². The average molecular weight is 393 g/mol. The van der Waals surface area contributed by atoms with Crippen LogP contribution in [-0.4, -0.2) is 25.4 Å². The number of rotatable bonds is 6. The zero-order chi connectivity index (χ0) is 19.6. The quantitative estimate of drug-likeness (QED) is 0.661. The summed E-state index contributed by atoms with van der Waals surface area (Å²) in [6, 6.07) is 9.42. The molecule has 8 nitrogen and oxygen atoms in total. The number of aryl methyl sites for hydroxylation is 1. The standard InChI is InChI=1S/C17H16FN3O5S/c1-21-14-6-5-13(10-15(14)26-17(21)23)27(24,25)19-8-7-16(22)20-12-4-2-3-11(18)9-12/h2-6,9-10,19H,7-8H2,1H3,(H,20,22). The number of oxazole rings is 1. The van der Waals surface area contributed by atoms with Crippen LogP contribution >= 0.6 is 0 Å². The van der Waals surface area contributed by atoms with Crippen molar-refractivity contribution in [2.24, 2.45) is 7.05 Å². The molecule has 0 saturated carbocycles. The number of fused-ring (bicyclic) bond motifs is 1. The minimum Gasteiger partial charge on any atom is -0.408 e. The smallest absolute Gasteiger partial charge is 0.408 e. The molecule has 0 saturated heterocycles. The number of nitrogens with zero attached hydrogens (tertiary/aromatic N) is 1. The van der Waals surface area contributed by atoms with E-state index in [4.69, 9.17) is 4.42 Å². The van der Waals surface area contributed by atoms with Gasteiger partial charge in [-0.25, -0.2) is 22.3 Å². The van der Waals surface area contributed by atoms with E-state index < -0.39 is 27.5 Å². The molecule has 0 atom stereocenters. The van der Waals surface area contributed by atoms with Gasteiger partial charge in [0, 0.05) is 31.8 Å². The molecule has 0 aliphatic heterocycles. The molecule has 3 aromatic rings. The summed E-state index contributed by atoms with van der Waals surface area (Å²) in [7, 11) is -2.38. The van der Waals surface area contributed by atoms with Gasteiger partial charge in [-0.3, -0.25) is 9.36 Å². The van der Waals surface area contributed by atoms with Crippen LogP contribution in [0.1, 0.15) is 6.42 Å². The van der Waals surface area contributed by atoms with Gasteiger partial charge in [-0.2, -0.15) is 0 Å². The van der Waals surface area contributed by atoms with E-state index in [2.05, 4.69) is 10.0 Å². The number of hydrogen-bond donors (Lipinski definition) is 2. The molecule has 0 bridgehead atoms. The number of halogens is 1. The molecule has 3 rings (SSSR count). The summed E-state index contributed by atoms with van der Waals surface area (Å²) < 4.78 is 46.3. The van der Waals surface area contributed by atoms with E-state index in [0.29, 0.717) is 5.52 Å². The van der Waals surface area contributed by atoms with Crippen molar-refractivity contribution in [3.8, 4) is 0 Å². The van der Waals surface area contributed by atoms with E-state index in [1.807, 2.05) is 0 Å². The van der Waals surface area contributed by atoms with E-state index >= 15 is 0 Å². The van der Waals surface area contributed by atoms with Crippen molar-refractivity contribution >= 4 is 32.7 Å². The lowest BCUT2D eigenvalue weighted by Crippen LogP contribution is -2.27. The summed E-state index contributed by atoms with van der Waals surface area (Å²) in [6.45, 7) is -0.153. The van der Waals surface area contributed by atoms with E-state index in [1.54, 1.807) is 0 Å². The van der Waals surface area contributed by atoms with Crippen LogP contribution in [0.5, 0.6) is 0 Å². The highest BCUT2D eigenvalue weighted by Crippen LogP contribution is 2.18. The second-order valence-corrected chi connectivity index (χ2v) is 7.53. The predicted octanol–water partition coefficient (Wildman–Crippen LogP) is 1.58. The van der Waals surface area contributed by atoms with Crippen molar-refractivity contribution in [2.45, 2.75) is 11.3 Å². The average Bonchev–Trinajstić information content (AvgIpc) is 2.88. The number of sulfonamides is 1. The monoisotopic (exact) mass is 393 g/mol. The van der Waals surface area contributed by atoms with Crippen molar-refractivity contribution in [3.63, 3.8) is 0 Å². The minimum atomic E-state index is -3.89. The molecular formula is C17H16FN3O5S. The van der Waals surface area contributed by atoms with Crippen molar-refractivity contribution in [3.05, 3.63) is 58.8 Å². The maximum absolute atomic E-state index is 13.1. The number of benzene rings is 2. The molecule has 0 fully saturated rings. The molecular weight excluding hydrogens is 377 g/mol. The Morgan fingerprint density at radius 1 is 1.22 bits per heavy atom. The molecule has 0 aliphatic carbocycles. The number of carbonyl (C=O) groups is 1. The van der Waals surface area contributed by atoms with Crippen LogP contribution in [0.25, 0.3) is 11.1 Å². The van der Waals surface area contributed by atoms with Gasteiger partial charge in [0.1, 0.15) is 5.82 Å². The lowest BCUT2D eigenvalue weighted by Gasteiger charge is -2.08. The van der Waals surface area contributed by atoms with Gasteiger partial charge >= 0.3 is 5.76 Å². The first-order valence-corrected chi connectivity index (χ1v) is 9.39. The third-order valence-corrected chi connectivity index (χ3v) is 5.29. The van der Waals surface area contributed by atoms with Crippen LogP contribution in [0.4, 0.5) is 10.1 Å². The van der Waals surface area contributed by atoms with Crippen LogP contribution in [-0.2, 0) is 21.9 Å². The van der Waals surface area contributed by atoms with Gasteiger partial charge in [-0.05, 0) is 30.3 Å². The molecule has 2 N–H and O–H groups in total. The normalized spacial score (nSPS) is 11.6. The molecule has 0 radical (unpaired) electrons. The van der Waals surface area contributed by atoms with E-state index in [-0.39, 0.29) is 29.1 Å². The third-order valence-electron chi connectivity index (χ3n) is 3.83. The Morgan fingerprint density at radius 2 is 2.00 bits per heavy atom. The molecule has 1 amide bonds. The summed E-state index contributed by atoms with van der Waals surface area (Å²) in [5, 5.41) is 2.48. The Hall–Kier alpha value is -2.98. The Balaban J connectivity index is 1.63. The molecule has 0 aliphatic rings. The van der Waals surface area contributed by atoms with Crippen molar-refractivity contribution in [1.82, 2.24) is 9.29 Å². The van der Waals surface area contributed by atoms with Gasteiger partial charge in [0.2, 0.25) is 15.9 Å². The van der Waals surface area contributed by atoms with Crippen molar-refractivity contribution in [1.29, 1.82) is 0 Å². The van der Waals surface area contributed by atoms with Gasteiger partial charge in [0.25, 0.3) is 0 Å². The number of amides is 1. The van der Waals surface area contributed by atoms with Gasteiger partial charge in [0.15, 0.2) is 5.58 Å². The molecule has 142 valence electrons. The molecule has 1 heterocycles. The zero-order valence-corrected chi connectivity index (χ0v) is 15.0. The Bertz CT molecular complexity index is 1170. The minimum absolute atomic E-state index is 0.0881. The van der Waals surface area contributed by atoms with Gasteiger partial charge in [0.05, 0.1) is 10.4 Å². The highest BCUT2D eigenvalue weighted by atomic mass is 32.2. The molecule has 1 aromatic heterocycles. The lowest BCUT2D eigenvalue weighted by molar-refractivity contribution is -0.116. The van der Waals surface area contributed by atoms with E-state index in [9.17, 15) is 22.4 Å². The molecule has 0 unspecified atom stereocenters. The topological polar surface area (TPSA) is 110 Å². The lowest BCUT2D eigenvalue weighted by atomic mass is 10.3. The number of carbonyl (C=O) groups excluding carboxylic acids is 1. The second kappa shape index (κ2) is 7.33. The predicted molar refractivity (Wildman–Crippen MR) is 96.3 cm³/mol. The van der Waals surface area contributed by atoms with E-state index in [0.717, 1.165) is 6.07 Å². The fourth-order valence-corrected chi connectivity index (χ4v) is 3.50. The number of anilines is 1. The van der Waals surface area contributed by atoms with Crippen LogP contribution in [0, 0.1) is 5.82 Å². The second-order valence-electron chi connectivity index (χ2n) is 5.76. The SMILES string of the molecule is Cn1c(=O)oc2cc(S(=O)(=O)NCCC(=O)Nc3cccc(F)c3)ccc21. The molecule has 27 heavy (non-hydrogen) atoms. The maximum atomic E-state index is 13.1. The summed E-state index contributed by atoms with van der Waals surface area (Å²) in [5.74, 6) is -1.55. The van der Waals surface area contributed by atoms with Gasteiger partial charge in [-0.15, -0.1) is 0 Å². The Kier molecular flexibility index (Phi) is 5.10. The first-order valence-electron chi connectivity index (χ1n) is 7.91. The number of aromatic nitrogens is 1. The molecule has 10 heteroatoms. The van der Waals surface area contributed by atoms with E-state index in [1.165, 1.54) is 48.0 Å². The first kappa shape index (κ1) is 18.8. The van der Waals surface area contributed by atoms with Crippen LogP contribution in [0.3, 0.4) is 0 Å². The van der Waals surface area contributed by atoms with Crippen LogP contribution in [0.2, 0.25) is 0 Å². The van der Waals surface area contributed by atoms with Gasteiger partial charge in [-0.1, -0.05) is 6.07 Å². The number of nitrogens with one attached hydrogen (secondary N) is 2. The summed E-state index contributed by atoms with van der Waals surface area (Å²) in [4.78, 5) is 23.2. The summed E-state index contributed by atoms with van der Waals surface area (Å²) in [6.07, 6.45) is -0.140. The fourth-order valence-electron chi connectivity index (χ4n) is 2.45. The molecule has 2 aromatic carbocycles. The van der Waals surface area contributed by atoms with Crippen LogP contribution in [0.15, 0.2) is 56.6 Å². The molecule has 0 spiro atoms. The largest absolute Gasteiger partial charge is 0.419 e. The van der Waals surface area contributed by atoms with Crippen molar-refractivity contribution < 1.29 is 22.0 Å². The summed E-state index contributed by atoms with van der Waals surface area (Å²) in [5.41, 5.74) is 0.898.